The van der Waals surface area contributed by atoms with E-state index in [1.54, 1.807) is 0 Å². The number of alkyl halides is 5. The van der Waals surface area contributed by atoms with Gasteiger partial charge in [-0.05, 0) is 54.6 Å². The van der Waals surface area contributed by atoms with Crippen molar-refractivity contribution in [2.45, 2.75) is 18.6 Å². The van der Waals surface area contributed by atoms with Gasteiger partial charge in [0.05, 0.1) is 17.3 Å². The molecule has 2 N–H and O–H groups in total. The number of halogens is 8. The molecule has 0 unspecified atom stereocenters. The zero-order valence-corrected chi connectivity index (χ0v) is 21.3. The fourth-order valence-corrected chi connectivity index (χ4v) is 4.83. The van der Waals surface area contributed by atoms with Crippen LogP contribution < -0.4 is 10.6 Å². The Balaban J connectivity index is 1.68. The number of benzene rings is 3. The van der Waals surface area contributed by atoms with Crippen molar-refractivity contribution in [2.24, 2.45) is 7.05 Å². The van der Waals surface area contributed by atoms with Gasteiger partial charge in [0.1, 0.15) is 17.3 Å². The van der Waals surface area contributed by atoms with Crippen LogP contribution in [0.3, 0.4) is 0 Å². The lowest BCUT2D eigenvalue weighted by molar-refractivity contribution is -0.137. The molecule has 0 fully saturated rings. The summed E-state index contributed by atoms with van der Waals surface area (Å²) >= 11 is 6.27. The SMILES string of the molecule is Cn1nc(C(F)F)cc1-c1cc(NC(=O)c2cc(F)cc(C(F)(F)F)c2)c2c(c1)C(=O)N[C@H]2c1cc(F)ccc1Cl. The number of nitrogens with one attached hydrogen (secondary N) is 2. The van der Waals surface area contributed by atoms with Gasteiger partial charge < -0.3 is 10.6 Å². The van der Waals surface area contributed by atoms with Crippen LogP contribution in [0.1, 0.15) is 55.6 Å². The Morgan fingerprint density at radius 2 is 1.78 bits per heavy atom. The molecule has 1 aliphatic rings. The van der Waals surface area contributed by atoms with E-state index < -0.39 is 58.9 Å². The van der Waals surface area contributed by atoms with Gasteiger partial charge in [0, 0.05) is 45.6 Å². The Hall–Kier alpha value is -4.39. The molecule has 4 aromatic rings. The number of aromatic nitrogens is 2. The van der Waals surface area contributed by atoms with Crippen LogP contribution in [-0.2, 0) is 13.2 Å². The Morgan fingerprint density at radius 3 is 2.44 bits per heavy atom. The molecule has 0 aliphatic carbocycles. The van der Waals surface area contributed by atoms with Crippen molar-refractivity contribution >= 4 is 29.1 Å². The largest absolute Gasteiger partial charge is 0.416 e. The average Bonchev–Trinajstić information content (AvgIpc) is 3.44. The molecule has 5 rings (SSSR count). The third-order valence-corrected chi connectivity index (χ3v) is 6.76. The fraction of sp³-hybridized carbons (Fsp3) is 0.148. The third kappa shape index (κ3) is 5.36. The molecule has 0 spiro atoms. The first-order valence-electron chi connectivity index (χ1n) is 11.7. The van der Waals surface area contributed by atoms with Gasteiger partial charge in [-0.2, -0.15) is 18.3 Å². The molecule has 1 atom stereocenters. The van der Waals surface area contributed by atoms with Gasteiger partial charge in [0.2, 0.25) is 0 Å². The van der Waals surface area contributed by atoms with E-state index in [9.17, 15) is 40.3 Å². The number of fused-ring (bicyclic) bond motifs is 1. The third-order valence-electron chi connectivity index (χ3n) is 6.41. The van der Waals surface area contributed by atoms with Crippen molar-refractivity contribution in [3.63, 3.8) is 0 Å². The number of rotatable bonds is 5. The van der Waals surface area contributed by atoms with Crippen molar-refractivity contribution < 1.29 is 40.3 Å². The van der Waals surface area contributed by atoms with Crippen LogP contribution in [0.5, 0.6) is 0 Å². The summed E-state index contributed by atoms with van der Waals surface area (Å²) in [7, 11) is 1.37. The predicted octanol–water partition coefficient (Wildman–Crippen LogP) is 7.06. The first-order chi connectivity index (χ1) is 19.2. The Morgan fingerprint density at radius 1 is 1.05 bits per heavy atom. The lowest BCUT2D eigenvalue weighted by Gasteiger charge is -2.19. The zero-order valence-electron chi connectivity index (χ0n) is 20.6. The number of hydrogen-bond acceptors (Lipinski definition) is 3. The van der Waals surface area contributed by atoms with E-state index in [0.29, 0.717) is 12.1 Å². The molecule has 2 amide bonds. The number of anilines is 1. The summed E-state index contributed by atoms with van der Waals surface area (Å²) in [5.41, 5.74) is -2.44. The molecule has 212 valence electrons. The minimum absolute atomic E-state index is 0.0547. The van der Waals surface area contributed by atoms with E-state index in [2.05, 4.69) is 15.7 Å². The van der Waals surface area contributed by atoms with Crippen molar-refractivity contribution in [1.29, 1.82) is 0 Å². The summed E-state index contributed by atoms with van der Waals surface area (Å²) in [6, 6.07) is 7.22. The summed E-state index contributed by atoms with van der Waals surface area (Å²) in [5.74, 6) is -3.87. The molecule has 2 heterocycles. The number of amides is 2. The maximum absolute atomic E-state index is 14.1. The quantitative estimate of drug-likeness (QED) is 0.242. The zero-order chi connectivity index (χ0) is 29.8. The molecule has 0 radical (unpaired) electrons. The van der Waals surface area contributed by atoms with Crippen LogP contribution in [0, 0.1) is 11.6 Å². The van der Waals surface area contributed by atoms with Crippen LogP contribution >= 0.6 is 11.6 Å². The monoisotopic (exact) mass is 596 g/mol. The van der Waals surface area contributed by atoms with Gasteiger partial charge in [-0.3, -0.25) is 14.3 Å². The van der Waals surface area contributed by atoms with E-state index in [1.807, 2.05) is 0 Å². The lowest BCUT2D eigenvalue weighted by Crippen LogP contribution is -2.21. The van der Waals surface area contributed by atoms with Crippen LogP contribution in [0.15, 0.2) is 54.6 Å². The van der Waals surface area contributed by atoms with Crippen molar-refractivity contribution in [2.75, 3.05) is 5.32 Å². The van der Waals surface area contributed by atoms with E-state index >= 15 is 0 Å². The molecule has 0 bridgehead atoms. The van der Waals surface area contributed by atoms with E-state index in [0.717, 1.165) is 22.9 Å². The fourth-order valence-electron chi connectivity index (χ4n) is 4.60. The highest BCUT2D eigenvalue weighted by Gasteiger charge is 2.36. The van der Waals surface area contributed by atoms with Gasteiger partial charge in [-0.1, -0.05) is 11.6 Å². The highest BCUT2D eigenvalue weighted by atomic mass is 35.5. The molecule has 6 nitrogen and oxygen atoms in total. The Labute approximate surface area is 231 Å². The number of hydrogen-bond donors (Lipinski definition) is 2. The second-order valence-electron chi connectivity index (χ2n) is 9.12. The lowest BCUT2D eigenvalue weighted by atomic mass is 9.93. The number of aryl methyl sites for hydroxylation is 1. The summed E-state index contributed by atoms with van der Waals surface area (Å²) in [5, 5.41) is 8.81. The smallest absolute Gasteiger partial charge is 0.341 e. The number of carbonyl (C=O) groups is 2. The first-order valence-corrected chi connectivity index (χ1v) is 12.1. The molecular formula is C27H16ClF7N4O2. The predicted molar refractivity (Wildman–Crippen MR) is 134 cm³/mol. The molecule has 1 aromatic heterocycles. The van der Waals surface area contributed by atoms with Gasteiger partial charge in [-0.25, -0.2) is 17.6 Å². The van der Waals surface area contributed by atoms with Gasteiger partial charge in [0.25, 0.3) is 18.2 Å². The van der Waals surface area contributed by atoms with Crippen LogP contribution in [0.4, 0.5) is 36.4 Å². The Bertz CT molecular complexity index is 1720. The minimum Gasteiger partial charge on any atom is -0.341 e. The molecule has 1 aliphatic heterocycles. The normalized spacial score (nSPS) is 14.8. The molecule has 0 saturated heterocycles. The molecule has 14 heteroatoms. The maximum atomic E-state index is 14.1. The molecule has 41 heavy (non-hydrogen) atoms. The summed E-state index contributed by atoms with van der Waals surface area (Å²) < 4.78 is 95.7. The standard InChI is InChI=1S/C27H16ClF7N4O2/c1-39-21(10-20(38-39)24(31)32)11-6-17-22(23(37-26(17)41)16-9-14(29)2-3-18(16)28)19(7-11)36-25(40)12-4-13(27(33,34)35)8-15(30)5-12/h2-10,23-24H,1H3,(H,36,40)(H,37,41)/t23-/m0/s1. The maximum Gasteiger partial charge on any atom is 0.416 e. The first kappa shape index (κ1) is 28.1. The average molecular weight is 597 g/mol. The van der Waals surface area contributed by atoms with Crippen LogP contribution in [-0.4, -0.2) is 21.6 Å². The van der Waals surface area contributed by atoms with E-state index in [4.69, 9.17) is 11.6 Å². The number of carbonyl (C=O) groups excluding carboxylic acids is 2. The molecular weight excluding hydrogens is 581 g/mol. The summed E-state index contributed by atoms with van der Waals surface area (Å²) in [6.45, 7) is 0. The summed E-state index contributed by atoms with van der Waals surface area (Å²) in [6.07, 6.45) is -7.86. The minimum atomic E-state index is -4.95. The Kier molecular flexibility index (Phi) is 7.02. The van der Waals surface area contributed by atoms with Crippen molar-refractivity contribution in [1.82, 2.24) is 15.1 Å². The highest BCUT2D eigenvalue weighted by molar-refractivity contribution is 6.31. The molecule has 3 aromatic carbocycles. The van der Waals surface area contributed by atoms with E-state index in [1.165, 1.54) is 25.2 Å². The van der Waals surface area contributed by atoms with Gasteiger partial charge in [0.15, 0.2) is 0 Å². The molecule has 0 saturated carbocycles. The van der Waals surface area contributed by atoms with Crippen LogP contribution in [0.2, 0.25) is 5.02 Å². The second kappa shape index (κ2) is 10.2. The highest BCUT2D eigenvalue weighted by Crippen LogP contribution is 2.42. The van der Waals surface area contributed by atoms with Crippen molar-refractivity contribution in [3.8, 4) is 11.3 Å². The van der Waals surface area contributed by atoms with Gasteiger partial charge >= 0.3 is 6.18 Å². The number of nitrogens with zero attached hydrogens (tertiary/aromatic N) is 2. The van der Waals surface area contributed by atoms with Gasteiger partial charge in [-0.15, -0.1) is 0 Å². The second-order valence-corrected chi connectivity index (χ2v) is 9.52. The van der Waals surface area contributed by atoms with E-state index in [-0.39, 0.29) is 44.7 Å². The topological polar surface area (TPSA) is 76.0 Å². The summed E-state index contributed by atoms with van der Waals surface area (Å²) in [4.78, 5) is 26.2. The van der Waals surface area contributed by atoms with Crippen LogP contribution in [0.25, 0.3) is 11.3 Å². The van der Waals surface area contributed by atoms with Crippen molar-refractivity contribution in [3.05, 3.63) is 105 Å².